The number of aromatic amines is 1. The van der Waals surface area contributed by atoms with Gasteiger partial charge in [-0.05, 0) is 26.0 Å². The second-order valence-corrected chi connectivity index (χ2v) is 4.14. The molecule has 0 atom stereocenters. The van der Waals surface area contributed by atoms with Crippen LogP contribution in [0.2, 0.25) is 0 Å². The van der Waals surface area contributed by atoms with Gasteiger partial charge in [0.05, 0.1) is 10.9 Å². The number of halogens is 1. The van der Waals surface area contributed by atoms with Crippen LogP contribution in [0.4, 0.5) is 4.39 Å². The molecule has 0 saturated carbocycles. The first-order valence-corrected chi connectivity index (χ1v) is 4.80. The summed E-state index contributed by atoms with van der Waals surface area (Å²) in [5.74, 6) is -0.345. The highest BCUT2D eigenvalue weighted by Gasteiger charge is 2.20. The number of nitrogens with zero attached hydrogens (tertiary/aromatic N) is 1. The summed E-state index contributed by atoms with van der Waals surface area (Å²) in [5.41, 5.74) is -1.41. The molecule has 0 bridgehead atoms. The normalized spacial score (nSPS) is 12.0. The Morgan fingerprint density at radius 2 is 2.12 bits per heavy atom. The van der Waals surface area contributed by atoms with Gasteiger partial charge < -0.3 is 10.1 Å². The largest absolute Gasteiger partial charge is 0.383 e. The monoisotopic (exact) mass is 222 g/mol. The highest BCUT2D eigenvalue weighted by molar-refractivity contribution is 5.77. The van der Waals surface area contributed by atoms with Crippen molar-refractivity contribution >= 4 is 10.9 Å². The number of nitrogens with one attached hydrogen (secondary N) is 1. The highest BCUT2D eigenvalue weighted by atomic mass is 19.1. The van der Waals surface area contributed by atoms with E-state index in [9.17, 15) is 14.3 Å². The summed E-state index contributed by atoms with van der Waals surface area (Å²) >= 11 is 0. The van der Waals surface area contributed by atoms with Crippen LogP contribution in [0, 0.1) is 5.82 Å². The number of H-pyrrole nitrogens is 1. The van der Waals surface area contributed by atoms with Crippen LogP contribution >= 0.6 is 0 Å². The SMILES string of the molecule is CC(C)(O)c1nc2cc(F)ccc2c(=O)[nH]1. The molecule has 2 aromatic rings. The lowest BCUT2D eigenvalue weighted by Crippen LogP contribution is -2.24. The van der Waals surface area contributed by atoms with Gasteiger partial charge in [0.15, 0.2) is 0 Å². The van der Waals surface area contributed by atoms with Crippen molar-refractivity contribution < 1.29 is 9.50 Å². The van der Waals surface area contributed by atoms with E-state index >= 15 is 0 Å². The van der Waals surface area contributed by atoms with Crippen LogP contribution in [-0.2, 0) is 5.60 Å². The Balaban J connectivity index is 2.80. The van der Waals surface area contributed by atoms with Crippen molar-refractivity contribution in [2.45, 2.75) is 19.4 Å². The van der Waals surface area contributed by atoms with Crippen molar-refractivity contribution in [2.24, 2.45) is 0 Å². The molecule has 1 heterocycles. The molecule has 16 heavy (non-hydrogen) atoms. The molecule has 84 valence electrons. The minimum absolute atomic E-state index is 0.121. The van der Waals surface area contributed by atoms with Crippen molar-refractivity contribution in [1.82, 2.24) is 9.97 Å². The number of benzene rings is 1. The van der Waals surface area contributed by atoms with E-state index in [1.165, 1.54) is 32.0 Å². The Bertz CT molecular complexity index is 599. The van der Waals surface area contributed by atoms with Gasteiger partial charge >= 0.3 is 0 Å². The molecule has 2 N–H and O–H groups in total. The zero-order valence-corrected chi connectivity index (χ0v) is 8.91. The zero-order valence-electron chi connectivity index (χ0n) is 8.91. The van der Waals surface area contributed by atoms with Crippen molar-refractivity contribution in [3.63, 3.8) is 0 Å². The molecule has 0 unspecified atom stereocenters. The van der Waals surface area contributed by atoms with Crippen molar-refractivity contribution in [3.05, 3.63) is 40.2 Å². The third-order valence-corrected chi connectivity index (χ3v) is 2.25. The molecular weight excluding hydrogens is 211 g/mol. The Morgan fingerprint density at radius 3 is 2.75 bits per heavy atom. The van der Waals surface area contributed by atoms with Gasteiger partial charge in [-0.15, -0.1) is 0 Å². The highest BCUT2D eigenvalue weighted by Crippen LogP contribution is 2.16. The Morgan fingerprint density at radius 1 is 1.44 bits per heavy atom. The van der Waals surface area contributed by atoms with Gasteiger partial charge in [0.25, 0.3) is 5.56 Å². The average molecular weight is 222 g/mol. The van der Waals surface area contributed by atoms with Gasteiger partial charge in [0, 0.05) is 6.07 Å². The quantitative estimate of drug-likeness (QED) is 0.764. The summed E-state index contributed by atoms with van der Waals surface area (Å²) in [5, 5.41) is 10.0. The van der Waals surface area contributed by atoms with Crippen LogP contribution in [0.25, 0.3) is 10.9 Å². The smallest absolute Gasteiger partial charge is 0.258 e. The van der Waals surface area contributed by atoms with E-state index in [1.54, 1.807) is 0 Å². The molecule has 0 fully saturated rings. The Hall–Kier alpha value is -1.75. The molecule has 4 nitrogen and oxygen atoms in total. The molecule has 2 rings (SSSR count). The summed E-state index contributed by atoms with van der Waals surface area (Å²) in [7, 11) is 0. The first-order chi connectivity index (χ1) is 7.38. The molecule has 0 aliphatic heterocycles. The molecule has 0 spiro atoms. The molecule has 0 aliphatic carbocycles. The van der Waals surface area contributed by atoms with E-state index in [0.29, 0.717) is 5.39 Å². The Labute approximate surface area is 90.8 Å². The van der Waals surface area contributed by atoms with Crippen LogP contribution in [0.5, 0.6) is 0 Å². The zero-order chi connectivity index (χ0) is 11.9. The van der Waals surface area contributed by atoms with E-state index in [0.717, 1.165) is 0 Å². The third kappa shape index (κ3) is 1.81. The van der Waals surface area contributed by atoms with Gasteiger partial charge in [-0.3, -0.25) is 4.79 Å². The third-order valence-electron chi connectivity index (χ3n) is 2.25. The predicted molar refractivity (Wildman–Crippen MR) is 57.6 cm³/mol. The maximum Gasteiger partial charge on any atom is 0.258 e. The number of rotatable bonds is 1. The second-order valence-electron chi connectivity index (χ2n) is 4.14. The van der Waals surface area contributed by atoms with Crippen LogP contribution in [0.15, 0.2) is 23.0 Å². The van der Waals surface area contributed by atoms with Gasteiger partial charge in [-0.2, -0.15) is 0 Å². The number of aliphatic hydroxyl groups is 1. The molecule has 0 amide bonds. The summed E-state index contributed by atoms with van der Waals surface area (Å²) in [6, 6.07) is 3.73. The number of hydrogen-bond acceptors (Lipinski definition) is 3. The predicted octanol–water partition coefficient (Wildman–Crippen LogP) is 1.29. The van der Waals surface area contributed by atoms with Crippen LogP contribution in [0.3, 0.4) is 0 Å². The molecule has 1 aromatic carbocycles. The van der Waals surface area contributed by atoms with Crippen LogP contribution < -0.4 is 5.56 Å². The summed E-state index contributed by atoms with van der Waals surface area (Å²) in [4.78, 5) is 18.1. The first-order valence-electron chi connectivity index (χ1n) is 4.80. The standard InChI is InChI=1S/C11H11FN2O2/c1-11(2,16)10-13-8-5-6(12)3-4-7(8)9(15)14-10/h3-5,16H,1-2H3,(H,13,14,15). The molecular formula is C11H11FN2O2. The van der Waals surface area contributed by atoms with Gasteiger partial charge in [0.1, 0.15) is 17.2 Å². The van der Waals surface area contributed by atoms with Crippen molar-refractivity contribution in [2.75, 3.05) is 0 Å². The fourth-order valence-electron chi connectivity index (χ4n) is 1.40. The molecule has 0 radical (unpaired) electrons. The lowest BCUT2D eigenvalue weighted by Gasteiger charge is -2.15. The lowest BCUT2D eigenvalue weighted by molar-refractivity contribution is 0.0688. The maximum atomic E-state index is 13.0. The fraction of sp³-hybridized carbons (Fsp3) is 0.273. The van der Waals surface area contributed by atoms with Crippen molar-refractivity contribution in [3.8, 4) is 0 Å². The van der Waals surface area contributed by atoms with E-state index < -0.39 is 11.4 Å². The minimum atomic E-state index is -1.26. The first kappa shape index (κ1) is 10.8. The van der Waals surface area contributed by atoms with Gasteiger partial charge in [-0.1, -0.05) is 0 Å². The van der Waals surface area contributed by atoms with Crippen molar-refractivity contribution in [1.29, 1.82) is 0 Å². The number of hydrogen-bond donors (Lipinski definition) is 2. The molecule has 0 aliphatic rings. The van der Waals surface area contributed by atoms with Gasteiger partial charge in [-0.25, -0.2) is 9.37 Å². The van der Waals surface area contributed by atoms with E-state index in [1.807, 2.05) is 0 Å². The fourth-order valence-corrected chi connectivity index (χ4v) is 1.40. The molecule has 1 aromatic heterocycles. The second kappa shape index (κ2) is 3.38. The van der Waals surface area contributed by atoms with Gasteiger partial charge in [0.2, 0.25) is 0 Å². The Kier molecular flexibility index (Phi) is 2.27. The number of aromatic nitrogens is 2. The topological polar surface area (TPSA) is 66.0 Å². The van der Waals surface area contributed by atoms with E-state index in [2.05, 4.69) is 9.97 Å². The number of fused-ring (bicyclic) bond motifs is 1. The summed E-state index contributed by atoms with van der Waals surface area (Å²) in [6.45, 7) is 2.99. The average Bonchev–Trinajstić information content (AvgIpc) is 2.15. The molecule has 0 saturated heterocycles. The lowest BCUT2D eigenvalue weighted by atomic mass is 10.1. The molecule has 5 heteroatoms. The summed E-state index contributed by atoms with van der Waals surface area (Å²) in [6.07, 6.45) is 0. The minimum Gasteiger partial charge on any atom is -0.383 e. The van der Waals surface area contributed by atoms with E-state index in [4.69, 9.17) is 0 Å². The van der Waals surface area contributed by atoms with Crippen LogP contribution in [-0.4, -0.2) is 15.1 Å². The van der Waals surface area contributed by atoms with Crippen LogP contribution in [0.1, 0.15) is 19.7 Å². The summed E-state index contributed by atoms with van der Waals surface area (Å²) < 4.78 is 13.0. The van der Waals surface area contributed by atoms with E-state index in [-0.39, 0.29) is 16.9 Å². The maximum absolute atomic E-state index is 13.0.